The molecule has 0 atom stereocenters. The third kappa shape index (κ3) is 6.26. The second-order valence-corrected chi connectivity index (χ2v) is 9.99. The third-order valence-corrected chi connectivity index (χ3v) is 7.21. The Balaban J connectivity index is 1.67. The molecule has 0 saturated carbocycles. The first-order chi connectivity index (χ1) is 18.4. The summed E-state index contributed by atoms with van der Waals surface area (Å²) in [6, 6.07) is 29.3. The number of nitrogens with zero attached hydrogens (tertiary/aromatic N) is 2. The van der Waals surface area contributed by atoms with Crippen LogP contribution in [-0.4, -0.2) is 39.1 Å². The zero-order valence-corrected chi connectivity index (χ0v) is 24.1. The van der Waals surface area contributed by atoms with E-state index in [9.17, 15) is 9.59 Å². The number of anilines is 2. The van der Waals surface area contributed by atoms with Crippen LogP contribution < -0.4 is 19.3 Å². The van der Waals surface area contributed by atoms with Crippen LogP contribution in [0.1, 0.15) is 20.7 Å². The molecule has 38 heavy (non-hydrogen) atoms. The predicted molar refractivity (Wildman–Crippen MR) is 158 cm³/mol. The van der Waals surface area contributed by atoms with Crippen LogP contribution in [0.5, 0.6) is 11.5 Å². The molecule has 2 amide bonds. The van der Waals surface area contributed by atoms with E-state index < -0.39 is 0 Å². The van der Waals surface area contributed by atoms with Gasteiger partial charge in [-0.1, -0.05) is 36.4 Å². The lowest BCUT2D eigenvalue weighted by Gasteiger charge is -2.28. The Morgan fingerprint density at radius 1 is 0.605 bits per heavy atom. The summed E-state index contributed by atoms with van der Waals surface area (Å²) >= 11 is 6.95. The zero-order valence-electron chi connectivity index (χ0n) is 20.9. The largest absolute Gasteiger partial charge is 0.496 e. The van der Waals surface area contributed by atoms with Crippen molar-refractivity contribution in [2.75, 3.05) is 37.1 Å². The molecule has 4 aromatic rings. The van der Waals surface area contributed by atoms with Gasteiger partial charge >= 0.3 is 0 Å². The van der Waals surface area contributed by atoms with Crippen LogP contribution in [0.2, 0.25) is 0 Å². The van der Waals surface area contributed by atoms with E-state index in [0.29, 0.717) is 31.6 Å². The summed E-state index contributed by atoms with van der Waals surface area (Å²) in [4.78, 5) is 30.8. The number of carbonyl (C=O) groups is 2. The highest BCUT2D eigenvalue weighted by Gasteiger charge is 2.24. The van der Waals surface area contributed by atoms with Crippen molar-refractivity contribution in [1.82, 2.24) is 0 Å². The minimum atomic E-state index is -0.188. The van der Waals surface area contributed by atoms with Gasteiger partial charge in [-0.05, 0) is 92.5 Å². The number of hydrogen-bond acceptors (Lipinski definition) is 4. The quantitative estimate of drug-likeness (QED) is 0.194. The van der Waals surface area contributed by atoms with Crippen molar-refractivity contribution in [1.29, 1.82) is 0 Å². The number of ether oxygens (including phenoxy) is 2. The molecule has 0 saturated heterocycles. The van der Waals surface area contributed by atoms with Gasteiger partial charge in [0.2, 0.25) is 0 Å². The van der Waals surface area contributed by atoms with Gasteiger partial charge in [-0.25, -0.2) is 0 Å². The van der Waals surface area contributed by atoms with Crippen LogP contribution in [0.4, 0.5) is 11.4 Å². The van der Waals surface area contributed by atoms with Gasteiger partial charge in [-0.3, -0.25) is 9.59 Å². The van der Waals surface area contributed by atoms with Crippen LogP contribution in [0.3, 0.4) is 0 Å². The molecular weight excluding hydrogens is 612 g/mol. The molecule has 0 heterocycles. The van der Waals surface area contributed by atoms with Gasteiger partial charge in [0.25, 0.3) is 11.8 Å². The maximum absolute atomic E-state index is 13.7. The van der Waals surface area contributed by atoms with Crippen molar-refractivity contribution < 1.29 is 19.1 Å². The van der Waals surface area contributed by atoms with Gasteiger partial charge in [-0.2, -0.15) is 0 Å². The number of carbonyl (C=O) groups excluding carboxylic acids is 2. The number of rotatable bonds is 9. The monoisotopic (exact) mass is 636 g/mol. The van der Waals surface area contributed by atoms with E-state index in [-0.39, 0.29) is 24.9 Å². The van der Waals surface area contributed by atoms with Gasteiger partial charge in [0.05, 0.1) is 23.2 Å². The molecule has 0 N–H and O–H groups in total. The molecule has 0 fully saturated rings. The SMILES string of the molecule is COc1ccc(C(=O)N(CCN(C(=O)c2ccc(OC)c(Br)c2)c2ccccc2)c2ccccc2)cc1Br. The van der Waals surface area contributed by atoms with Crippen molar-refractivity contribution in [3.05, 3.63) is 117 Å². The molecule has 0 radical (unpaired) electrons. The number of hydrogen-bond donors (Lipinski definition) is 0. The molecule has 0 aliphatic rings. The summed E-state index contributed by atoms with van der Waals surface area (Å²) in [6.07, 6.45) is 0. The topological polar surface area (TPSA) is 59.1 Å². The Morgan fingerprint density at radius 3 is 1.29 bits per heavy atom. The highest BCUT2D eigenvalue weighted by molar-refractivity contribution is 9.10. The maximum atomic E-state index is 13.7. The number of benzene rings is 4. The minimum absolute atomic E-state index is 0.188. The fourth-order valence-corrected chi connectivity index (χ4v) is 5.10. The van der Waals surface area contributed by atoms with E-state index in [2.05, 4.69) is 31.9 Å². The number of methoxy groups -OCH3 is 2. The first-order valence-corrected chi connectivity index (χ1v) is 13.4. The molecule has 4 aromatic carbocycles. The standard InChI is InChI=1S/C30H26Br2N2O4/c1-37-27-15-13-21(19-25(27)31)29(35)33(23-9-5-3-6-10-23)17-18-34(24-11-7-4-8-12-24)30(36)22-14-16-28(38-2)26(32)20-22/h3-16,19-20H,17-18H2,1-2H3. The Labute approximate surface area is 239 Å². The Bertz CT molecular complexity index is 1310. The lowest BCUT2D eigenvalue weighted by atomic mass is 10.1. The Kier molecular flexibility index (Phi) is 9.20. The molecule has 0 bridgehead atoms. The zero-order chi connectivity index (χ0) is 27.1. The fourth-order valence-electron chi connectivity index (χ4n) is 4.02. The minimum Gasteiger partial charge on any atom is -0.496 e. The second-order valence-electron chi connectivity index (χ2n) is 8.28. The molecule has 4 rings (SSSR count). The normalized spacial score (nSPS) is 10.5. The molecule has 0 aliphatic heterocycles. The van der Waals surface area contributed by atoms with E-state index >= 15 is 0 Å². The van der Waals surface area contributed by atoms with Gasteiger partial charge in [0.15, 0.2) is 0 Å². The summed E-state index contributed by atoms with van der Waals surface area (Å²) in [5.41, 5.74) is 2.46. The van der Waals surface area contributed by atoms with E-state index in [4.69, 9.17) is 9.47 Å². The first-order valence-electron chi connectivity index (χ1n) is 11.8. The van der Waals surface area contributed by atoms with E-state index in [1.165, 1.54) is 0 Å². The van der Waals surface area contributed by atoms with Gasteiger partial charge in [0.1, 0.15) is 11.5 Å². The lowest BCUT2D eigenvalue weighted by Crippen LogP contribution is -2.41. The number of halogens is 2. The summed E-state index contributed by atoms with van der Waals surface area (Å²) in [5, 5.41) is 0. The van der Waals surface area contributed by atoms with Crippen molar-refractivity contribution in [3.8, 4) is 11.5 Å². The van der Waals surface area contributed by atoms with Crippen molar-refractivity contribution in [2.24, 2.45) is 0 Å². The molecule has 8 heteroatoms. The predicted octanol–water partition coefficient (Wildman–Crippen LogP) is 7.22. The van der Waals surface area contributed by atoms with Crippen molar-refractivity contribution in [2.45, 2.75) is 0 Å². The molecule has 6 nitrogen and oxygen atoms in total. The van der Waals surface area contributed by atoms with E-state index in [0.717, 1.165) is 11.4 Å². The van der Waals surface area contributed by atoms with Crippen LogP contribution in [0.15, 0.2) is 106 Å². The average molecular weight is 638 g/mol. The van der Waals surface area contributed by atoms with Gasteiger partial charge in [0, 0.05) is 35.6 Å². The average Bonchev–Trinajstić information content (AvgIpc) is 2.95. The van der Waals surface area contributed by atoms with Crippen LogP contribution in [0, 0.1) is 0 Å². The molecule has 0 unspecified atom stereocenters. The highest BCUT2D eigenvalue weighted by Crippen LogP contribution is 2.29. The summed E-state index contributed by atoms with van der Waals surface area (Å²) in [7, 11) is 3.16. The molecular formula is C30H26Br2N2O4. The van der Waals surface area contributed by atoms with Crippen LogP contribution in [0.25, 0.3) is 0 Å². The van der Waals surface area contributed by atoms with E-state index in [1.54, 1.807) is 60.4 Å². The second kappa shape index (κ2) is 12.8. The summed E-state index contributed by atoms with van der Waals surface area (Å²) < 4.78 is 12.0. The first kappa shape index (κ1) is 27.4. The molecule has 0 aliphatic carbocycles. The maximum Gasteiger partial charge on any atom is 0.258 e. The van der Waals surface area contributed by atoms with Crippen LogP contribution >= 0.6 is 31.9 Å². The summed E-state index contributed by atoms with van der Waals surface area (Å²) in [6.45, 7) is 0.537. The van der Waals surface area contributed by atoms with Gasteiger partial charge < -0.3 is 19.3 Å². The highest BCUT2D eigenvalue weighted by atomic mass is 79.9. The Morgan fingerprint density at radius 2 is 0.974 bits per heavy atom. The number of para-hydroxylation sites is 2. The van der Waals surface area contributed by atoms with Gasteiger partial charge in [-0.15, -0.1) is 0 Å². The Hall–Kier alpha value is -3.62. The fraction of sp³-hybridized carbons (Fsp3) is 0.133. The van der Waals surface area contributed by atoms with Crippen molar-refractivity contribution >= 4 is 55.0 Å². The van der Waals surface area contributed by atoms with E-state index in [1.807, 2.05) is 60.7 Å². The summed E-state index contributed by atoms with van der Waals surface area (Å²) in [5.74, 6) is 0.901. The third-order valence-electron chi connectivity index (χ3n) is 5.97. The smallest absolute Gasteiger partial charge is 0.258 e. The molecule has 194 valence electrons. The number of amides is 2. The molecule has 0 aromatic heterocycles. The van der Waals surface area contributed by atoms with Crippen molar-refractivity contribution in [3.63, 3.8) is 0 Å². The van der Waals surface area contributed by atoms with Crippen LogP contribution in [-0.2, 0) is 0 Å². The lowest BCUT2D eigenvalue weighted by molar-refractivity contribution is 0.0968. The molecule has 0 spiro atoms.